The van der Waals surface area contributed by atoms with E-state index in [-0.39, 0.29) is 5.60 Å². The molecule has 0 fully saturated rings. The number of nitrogens with zero attached hydrogens (tertiary/aromatic N) is 1. The van der Waals surface area contributed by atoms with Crippen LogP contribution < -0.4 is 10.1 Å². The van der Waals surface area contributed by atoms with Gasteiger partial charge in [0.2, 0.25) is 0 Å². The lowest BCUT2D eigenvalue weighted by Gasteiger charge is -2.21. The molecule has 0 saturated heterocycles. The third kappa shape index (κ3) is 4.39. The Morgan fingerprint density at radius 1 is 1.27 bits per heavy atom. The third-order valence-corrected chi connectivity index (χ3v) is 4.53. The zero-order valence-electron chi connectivity index (χ0n) is 14.9. The third-order valence-electron chi connectivity index (χ3n) is 4.53. The zero-order valence-corrected chi connectivity index (χ0v) is 14.9. The predicted octanol–water partition coefficient (Wildman–Crippen LogP) is 4.32. The summed E-state index contributed by atoms with van der Waals surface area (Å²) >= 11 is 0. The van der Waals surface area contributed by atoms with Crippen LogP contribution in [-0.4, -0.2) is 36.2 Å². The van der Waals surface area contributed by atoms with Crippen LogP contribution in [0.5, 0.6) is 5.75 Å². The van der Waals surface area contributed by atoms with E-state index in [1.165, 1.54) is 30.6 Å². The maximum absolute atomic E-state index is 6.01. The summed E-state index contributed by atoms with van der Waals surface area (Å²) in [4.78, 5) is 2.49. The van der Waals surface area contributed by atoms with Crippen LogP contribution in [0.1, 0.15) is 53.0 Å². The molecular formula is C19H32N2O. The molecule has 1 heterocycles. The standard InChI is InChI=1S/C19H32N2O/c1-6-21(7-2)13-9-10-15(3)20-17-11-8-12-18-16(17)14-19(4,5)22-18/h8,11-12,15,20H,6-7,9-10,13-14H2,1-5H3/t15-/m0/s1. The van der Waals surface area contributed by atoms with Crippen LogP contribution in [0, 0.1) is 0 Å². The van der Waals surface area contributed by atoms with Crippen molar-refractivity contribution in [2.75, 3.05) is 25.0 Å². The normalized spacial score (nSPS) is 17.2. The lowest BCUT2D eigenvalue weighted by Crippen LogP contribution is -2.26. The number of benzene rings is 1. The molecule has 0 saturated carbocycles. The molecule has 1 aliphatic rings. The van der Waals surface area contributed by atoms with Gasteiger partial charge in [-0.2, -0.15) is 0 Å². The number of anilines is 1. The second kappa shape index (κ2) is 7.36. The smallest absolute Gasteiger partial charge is 0.125 e. The molecule has 0 aromatic heterocycles. The molecule has 0 bridgehead atoms. The van der Waals surface area contributed by atoms with E-state index in [4.69, 9.17) is 4.74 Å². The second-order valence-corrected chi connectivity index (χ2v) is 7.04. The Bertz CT molecular complexity index is 480. The number of nitrogens with one attached hydrogen (secondary N) is 1. The average Bonchev–Trinajstić information content (AvgIpc) is 2.79. The summed E-state index contributed by atoms with van der Waals surface area (Å²) in [5.41, 5.74) is 2.51. The number of hydrogen-bond donors (Lipinski definition) is 1. The molecule has 0 spiro atoms. The fraction of sp³-hybridized carbons (Fsp3) is 0.684. The topological polar surface area (TPSA) is 24.5 Å². The minimum absolute atomic E-state index is 0.0773. The largest absolute Gasteiger partial charge is 0.487 e. The van der Waals surface area contributed by atoms with Gasteiger partial charge in [0.05, 0.1) is 0 Å². The van der Waals surface area contributed by atoms with Gasteiger partial charge in [-0.25, -0.2) is 0 Å². The molecule has 3 nitrogen and oxygen atoms in total. The molecular weight excluding hydrogens is 272 g/mol. The van der Waals surface area contributed by atoms with Crippen molar-refractivity contribution in [2.24, 2.45) is 0 Å². The van der Waals surface area contributed by atoms with Gasteiger partial charge in [0, 0.05) is 23.7 Å². The molecule has 1 atom stereocenters. The van der Waals surface area contributed by atoms with E-state index in [0.29, 0.717) is 6.04 Å². The fourth-order valence-corrected chi connectivity index (χ4v) is 3.24. The van der Waals surface area contributed by atoms with Crippen LogP contribution in [0.4, 0.5) is 5.69 Å². The summed E-state index contributed by atoms with van der Waals surface area (Å²) in [6.07, 6.45) is 3.43. The highest BCUT2D eigenvalue weighted by Crippen LogP contribution is 2.39. The van der Waals surface area contributed by atoms with E-state index < -0.39 is 0 Å². The van der Waals surface area contributed by atoms with Crippen molar-refractivity contribution in [3.63, 3.8) is 0 Å². The molecule has 0 radical (unpaired) electrons. The summed E-state index contributed by atoms with van der Waals surface area (Å²) in [6.45, 7) is 14.6. The zero-order chi connectivity index (χ0) is 16.2. The summed E-state index contributed by atoms with van der Waals surface area (Å²) in [5, 5.41) is 3.69. The van der Waals surface area contributed by atoms with Crippen LogP contribution in [0.25, 0.3) is 0 Å². The van der Waals surface area contributed by atoms with Crippen molar-refractivity contribution in [3.8, 4) is 5.75 Å². The summed E-state index contributed by atoms with van der Waals surface area (Å²) in [5.74, 6) is 1.05. The molecule has 124 valence electrons. The highest BCUT2D eigenvalue weighted by Gasteiger charge is 2.31. The van der Waals surface area contributed by atoms with Gasteiger partial charge in [-0.05, 0) is 65.4 Å². The molecule has 1 aromatic rings. The van der Waals surface area contributed by atoms with Gasteiger partial charge in [-0.15, -0.1) is 0 Å². The molecule has 0 unspecified atom stereocenters. The number of ether oxygens (including phenoxy) is 1. The van der Waals surface area contributed by atoms with Gasteiger partial charge in [-0.3, -0.25) is 0 Å². The quantitative estimate of drug-likeness (QED) is 0.774. The summed E-state index contributed by atoms with van der Waals surface area (Å²) in [6, 6.07) is 6.85. The molecule has 1 aliphatic heterocycles. The van der Waals surface area contributed by atoms with Crippen LogP contribution in [-0.2, 0) is 6.42 Å². The first-order chi connectivity index (χ1) is 10.4. The van der Waals surface area contributed by atoms with Gasteiger partial charge in [0.25, 0.3) is 0 Å². The molecule has 0 amide bonds. The van der Waals surface area contributed by atoms with Crippen molar-refractivity contribution >= 4 is 5.69 Å². The van der Waals surface area contributed by atoms with Crippen molar-refractivity contribution in [1.82, 2.24) is 4.90 Å². The minimum Gasteiger partial charge on any atom is -0.487 e. The van der Waals surface area contributed by atoms with E-state index >= 15 is 0 Å². The van der Waals surface area contributed by atoms with Gasteiger partial charge in [0.1, 0.15) is 11.4 Å². The van der Waals surface area contributed by atoms with E-state index in [2.05, 4.69) is 63.0 Å². The van der Waals surface area contributed by atoms with E-state index in [9.17, 15) is 0 Å². The van der Waals surface area contributed by atoms with Gasteiger partial charge in [-0.1, -0.05) is 19.9 Å². The predicted molar refractivity (Wildman–Crippen MR) is 95.0 cm³/mol. The van der Waals surface area contributed by atoms with Crippen LogP contribution in [0.15, 0.2) is 18.2 Å². The summed E-state index contributed by atoms with van der Waals surface area (Å²) < 4.78 is 6.01. The van der Waals surface area contributed by atoms with Crippen molar-refractivity contribution < 1.29 is 4.74 Å². The van der Waals surface area contributed by atoms with E-state index in [0.717, 1.165) is 25.3 Å². The monoisotopic (exact) mass is 304 g/mol. The van der Waals surface area contributed by atoms with Gasteiger partial charge < -0.3 is 15.0 Å². The van der Waals surface area contributed by atoms with Gasteiger partial charge >= 0.3 is 0 Å². The number of hydrogen-bond acceptors (Lipinski definition) is 3. The van der Waals surface area contributed by atoms with Crippen molar-refractivity contribution in [2.45, 2.75) is 65.5 Å². The SMILES string of the molecule is CCN(CC)CCC[C@H](C)Nc1cccc2c1CC(C)(C)O2. The first-order valence-corrected chi connectivity index (χ1v) is 8.75. The minimum atomic E-state index is -0.0773. The molecule has 2 rings (SSSR count). The van der Waals surface area contributed by atoms with E-state index in [1.807, 2.05) is 0 Å². The van der Waals surface area contributed by atoms with Gasteiger partial charge in [0.15, 0.2) is 0 Å². The molecule has 3 heteroatoms. The highest BCUT2D eigenvalue weighted by molar-refractivity contribution is 5.60. The Labute approximate surface area is 136 Å². The molecule has 1 aromatic carbocycles. The Kier molecular flexibility index (Phi) is 5.74. The lowest BCUT2D eigenvalue weighted by atomic mass is 10.00. The average molecular weight is 304 g/mol. The van der Waals surface area contributed by atoms with Crippen LogP contribution in [0.2, 0.25) is 0 Å². The Hall–Kier alpha value is -1.22. The van der Waals surface area contributed by atoms with Crippen LogP contribution >= 0.6 is 0 Å². The fourth-order valence-electron chi connectivity index (χ4n) is 3.24. The van der Waals surface area contributed by atoms with Crippen molar-refractivity contribution in [1.29, 1.82) is 0 Å². The van der Waals surface area contributed by atoms with Crippen LogP contribution in [0.3, 0.4) is 0 Å². The number of rotatable bonds is 8. The second-order valence-electron chi connectivity index (χ2n) is 7.04. The maximum Gasteiger partial charge on any atom is 0.125 e. The lowest BCUT2D eigenvalue weighted by molar-refractivity contribution is 0.138. The Balaban J connectivity index is 1.88. The number of fused-ring (bicyclic) bond motifs is 1. The van der Waals surface area contributed by atoms with E-state index in [1.54, 1.807) is 0 Å². The maximum atomic E-state index is 6.01. The molecule has 0 aliphatic carbocycles. The Morgan fingerprint density at radius 3 is 2.68 bits per heavy atom. The highest BCUT2D eigenvalue weighted by atomic mass is 16.5. The summed E-state index contributed by atoms with van der Waals surface area (Å²) in [7, 11) is 0. The molecule has 22 heavy (non-hydrogen) atoms. The first-order valence-electron chi connectivity index (χ1n) is 8.75. The van der Waals surface area contributed by atoms with Crippen molar-refractivity contribution in [3.05, 3.63) is 23.8 Å². The Morgan fingerprint density at radius 2 is 2.00 bits per heavy atom. The molecule has 1 N–H and O–H groups in total. The first kappa shape index (κ1) is 17.1.